The highest BCUT2D eigenvalue weighted by molar-refractivity contribution is 7.22. The van der Waals surface area contributed by atoms with Gasteiger partial charge in [0.05, 0.1) is 0 Å². The SMILES string of the molecule is CCC(C)(C)c1ccc(-c2ccc(C(C)(C)C)s2)s1. The minimum atomic E-state index is 0.256. The van der Waals surface area contributed by atoms with Gasteiger partial charge in [-0.1, -0.05) is 41.5 Å². The molecule has 2 rings (SSSR count). The molecule has 0 amide bonds. The third-order valence-electron chi connectivity index (χ3n) is 3.74. The van der Waals surface area contributed by atoms with Crippen molar-refractivity contribution in [3.05, 3.63) is 34.0 Å². The fourth-order valence-corrected chi connectivity index (χ4v) is 4.21. The molecule has 0 fully saturated rings. The van der Waals surface area contributed by atoms with Gasteiger partial charge in [0.2, 0.25) is 0 Å². The highest BCUT2D eigenvalue weighted by atomic mass is 32.1. The van der Waals surface area contributed by atoms with Gasteiger partial charge in [0, 0.05) is 19.5 Å². The topological polar surface area (TPSA) is 0 Å². The van der Waals surface area contributed by atoms with Crippen LogP contribution < -0.4 is 0 Å². The summed E-state index contributed by atoms with van der Waals surface area (Å²) in [4.78, 5) is 5.79. The molecule has 2 heteroatoms. The molecule has 2 aromatic heterocycles. The minimum absolute atomic E-state index is 0.256. The van der Waals surface area contributed by atoms with E-state index in [9.17, 15) is 0 Å². The van der Waals surface area contributed by atoms with Gasteiger partial charge in [-0.2, -0.15) is 0 Å². The summed E-state index contributed by atoms with van der Waals surface area (Å²) in [7, 11) is 0. The van der Waals surface area contributed by atoms with E-state index in [4.69, 9.17) is 0 Å². The van der Waals surface area contributed by atoms with E-state index in [0.717, 1.165) is 0 Å². The van der Waals surface area contributed by atoms with Gasteiger partial charge in [0.15, 0.2) is 0 Å². The van der Waals surface area contributed by atoms with Crippen molar-refractivity contribution in [1.82, 2.24) is 0 Å². The van der Waals surface area contributed by atoms with Gasteiger partial charge in [-0.15, -0.1) is 22.7 Å². The van der Waals surface area contributed by atoms with Crippen LogP contribution in [0, 0.1) is 0 Å². The lowest BCUT2D eigenvalue weighted by atomic mass is 9.89. The maximum absolute atomic E-state index is 2.33. The summed E-state index contributed by atoms with van der Waals surface area (Å²) in [6.07, 6.45) is 1.19. The smallest absolute Gasteiger partial charge is 0.0445 e. The summed E-state index contributed by atoms with van der Waals surface area (Å²) >= 11 is 3.89. The summed E-state index contributed by atoms with van der Waals surface area (Å²) in [5, 5.41) is 0. The second-order valence-corrected chi connectivity index (χ2v) is 8.98. The average Bonchev–Trinajstić information content (AvgIpc) is 2.96. The Morgan fingerprint density at radius 1 is 0.789 bits per heavy atom. The van der Waals surface area contributed by atoms with Crippen molar-refractivity contribution in [1.29, 1.82) is 0 Å². The second kappa shape index (κ2) is 5.06. The van der Waals surface area contributed by atoms with Crippen molar-refractivity contribution in [2.24, 2.45) is 0 Å². The average molecular weight is 293 g/mol. The Morgan fingerprint density at radius 2 is 1.26 bits per heavy atom. The first-order chi connectivity index (χ1) is 8.74. The highest BCUT2D eigenvalue weighted by Crippen LogP contribution is 2.41. The van der Waals surface area contributed by atoms with Gasteiger partial charge in [0.1, 0.15) is 0 Å². The molecular formula is C17H24S2. The van der Waals surface area contributed by atoms with E-state index in [1.807, 2.05) is 22.7 Å². The van der Waals surface area contributed by atoms with Crippen LogP contribution in [0.5, 0.6) is 0 Å². The number of thiophene rings is 2. The monoisotopic (exact) mass is 292 g/mol. The van der Waals surface area contributed by atoms with Crippen LogP contribution in [0.25, 0.3) is 9.75 Å². The quantitative estimate of drug-likeness (QED) is 0.609. The Morgan fingerprint density at radius 3 is 1.68 bits per heavy atom. The minimum Gasteiger partial charge on any atom is -0.139 e. The molecule has 0 aromatic carbocycles. The van der Waals surface area contributed by atoms with E-state index < -0.39 is 0 Å². The van der Waals surface area contributed by atoms with E-state index in [-0.39, 0.29) is 5.41 Å². The van der Waals surface area contributed by atoms with E-state index in [2.05, 4.69) is 65.8 Å². The first-order valence-electron chi connectivity index (χ1n) is 6.95. The van der Waals surface area contributed by atoms with Crippen molar-refractivity contribution in [3.8, 4) is 9.75 Å². The molecule has 2 aromatic rings. The molecule has 0 spiro atoms. The lowest BCUT2D eigenvalue weighted by Crippen LogP contribution is -2.12. The summed E-state index contributed by atoms with van der Waals surface area (Å²) in [6, 6.07) is 9.15. The zero-order chi connectivity index (χ0) is 14.3. The number of hydrogen-bond acceptors (Lipinski definition) is 2. The van der Waals surface area contributed by atoms with Crippen LogP contribution in [-0.2, 0) is 10.8 Å². The molecule has 0 atom stereocenters. The zero-order valence-corrected chi connectivity index (χ0v) is 14.5. The van der Waals surface area contributed by atoms with Crippen LogP contribution in [-0.4, -0.2) is 0 Å². The van der Waals surface area contributed by atoms with Gasteiger partial charge < -0.3 is 0 Å². The van der Waals surface area contributed by atoms with Crippen LogP contribution in [0.4, 0.5) is 0 Å². The predicted molar refractivity (Wildman–Crippen MR) is 89.6 cm³/mol. The molecule has 0 aliphatic rings. The van der Waals surface area contributed by atoms with Crippen molar-refractivity contribution >= 4 is 22.7 Å². The van der Waals surface area contributed by atoms with Crippen LogP contribution in [0.1, 0.15) is 57.7 Å². The van der Waals surface area contributed by atoms with Crippen molar-refractivity contribution < 1.29 is 0 Å². The molecule has 0 saturated carbocycles. The van der Waals surface area contributed by atoms with Gasteiger partial charge >= 0.3 is 0 Å². The third-order valence-corrected chi connectivity index (χ3v) is 6.90. The molecule has 0 radical (unpaired) electrons. The first-order valence-corrected chi connectivity index (χ1v) is 8.58. The Labute approximate surface area is 125 Å². The normalized spacial score (nSPS) is 12.9. The second-order valence-electron chi connectivity index (χ2n) is 6.82. The molecule has 0 unspecified atom stereocenters. The molecule has 0 saturated heterocycles. The van der Waals surface area contributed by atoms with Crippen molar-refractivity contribution in [2.45, 2.75) is 58.8 Å². The fourth-order valence-electron chi connectivity index (χ4n) is 1.88. The Kier molecular flexibility index (Phi) is 3.95. The molecule has 0 bridgehead atoms. The summed E-state index contributed by atoms with van der Waals surface area (Å²) in [5.74, 6) is 0. The lowest BCUT2D eigenvalue weighted by Gasteiger charge is -2.20. The Balaban J connectivity index is 2.31. The van der Waals surface area contributed by atoms with Gasteiger partial charge in [-0.05, 0) is 41.5 Å². The highest BCUT2D eigenvalue weighted by Gasteiger charge is 2.21. The van der Waals surface area contributed by atoms with E-state index in [0.29, 0.717) is 5.41 Å². The van der Waals surface area contributed by atoms with E-state index >= 15 is 0 Å². The molecule has 0 aliphatic carbocycles. The third kappa shape index (κ3) is 3.11. The van der Waals surface area contributed by atoms with Crippen LogP contribution in [0.2, 0.25) is 0 Å². The standard InChI is InChI=1S/C17H24S2/c1-7-17(5,6)15-11-9-13(19-15)12-8-10-14(18-12)16(2,3)4/h8-11H,7H2,1-6H3. The van der Waals surface area contributed by atoms with Gasteiger partial charge in [-0.3, -0.25) is 0 Å². The summed E-state index contributed by atoms with van der Waals surface area (Å²) in [6.45, 7) is 13.8. The fraction of sp³-hybridized carbons (Fsp3) is 0.529. The summed E-state index contributed by atoms with van der Waals surface area (Å²) in [5.41, 5.74) is 0.554. The molecule has 0 aliphatic heterocycles. The first kappa shape index (κ1) is 14.8. The summed E-state index contributed by atoms with van der Waals surface area (Å²) < 4.78 is 0. The molecular weight excluding hydrogens is 268 g/mol. The Hall–Kier alpha value is -0.600. The predicted octanol–water partition coefficient (Wildman–Crippen LogP) is 6.46. The Bertz CT molecular complexity index is 550. The van der Waals surface area contributed by atoms with Gasteiger partial charge in [-0.25, -0.2) is 0 Å². The van der Waals surface area contributed by atoms with Crippen LogP contribution in [0.3, 0.4) is 0 Å². The molecule has 2 heterocycles. The molecule has 0 N–H and O–H groups in total. The van der Waals surface area contributed by atoms with Gasteiger partial charge in [0.25, 0.3) is 0 Å². The maximum Gasteiger partial charge on any atom is 0.0445 e. The van der Waals surface area contributed by atoms with Crippen molar-refractivity contribution in [2.75, 3.05) is 0 Å². The van der Waals surface area contributed by atoms with Crippen molar-refractivity contribution in [3.63, 3.8) is 0 Å². The largest absolute Gasteiger partial charge is 0.139 e. The van der Waals surface area contributed by atoms with E-state index in [1.165, 1.54) is 25.9 Å². The number of rotatable bonds is 3. The molecule has 19 heavy (non-hydrogen) atoms. The zero-order valence-electron chi connectivity index (χ0n) is 12.8. The lowest BCUT2D eigenvalue weighted by molar-refractivity contribution is 0.517. The molecule has 0 nitrogen and oxygen atoms in total. The molecule has 104 valence electrons. The van der Waals surface area contributed by atoms with Crippen LogP contribution >= 0.6 is 22.7 Å². The van der Waals surface area contributed by atoms with E-state index in [1.54, 1.807) is 0 Å². The van der Waals surface area contributed by atoms with Crippen LogP contribution in [0.15, 0.2) is 24.3 Å². The number of hydrogen-bond donors (Lipinski definition) is 0. The maximum atomic E-state index is 2.33.